The lowest BCUT2D eigenvalue weighted by Crippen LogP contribution is -2.44. The molecule has 2 aromatic rings. The van der Waals surface area contributed by atoms with Crippen LogP contribution in [-0.4, -0.2) is 57.4 Å². The minimum Gasteiger partial charge on any atom is -0.493 e. The van der Waals surface area contributed by atoms with Gasteiger partial charge in [0.1, 0.15) is 6.04 Å². The first-order chi connectivity index (χ1) is 19.2. The molecule has 10 heteroatoms. The summed E-state index contributed by atoms with van der Waals surface area (Å²) in [6, 6.07) is 5.84. The average Bonchev–Trinajstić information content (AvgIpc) is 3.18. The quantitative estimate of drug-likeness (QED) is 0.293. The summed E-state index contributed by atoms with van der Waals surface area (Å²) in [4.78, 5) is 38.8. The van der Waals surface area contributed by atoms with Crippen molar-refractivity contribution >= 4 is 17.5 Å². The molecular formula is C30H41N3O7. The Labute approximate surface area is 235 Å². The van der Waals surface area contributed by atoms with Crippen LogP contribution in [0.2, 0.25) is 0 Å². The van der Waals surface area contributed by atoms with Gasteiger partial charge in [0, 0.05) is 25.6 Å². The third kappa shape index (κ3) is 6.67. The zero-order valence-electron chi connectivity index (χ0n) is 24.2. The molecule has 0 unspecified atom stereocenters. The molecule has 1 aliphatic carbocycles. The van der Waals surface area contributed by atoms with Crippen molar-refractivity contribution in [2.24, 2.45) is 5.92 Å². The number of aliphatic hydroxyl groups is 1. The van der Waals surface area contributed by atoms with Crippen LogP contribution in [0.15, 0.2) is 29.1 Å². The van der Waals surface area contributed by atoms with Crippen LogP contribution in [0.4, 0.5) is 5.69 Å². The predicted molar refractivity (Wildman–Crippen MR) is 154 cm³/mol. The maximum Gasteiger partial charge on any atom is 0.242 e. The summed E-state index contributed by atoms with van der Waals surface area (Å²) < 4.78 is 17.0. The van der Waals surface area contributed by atoms with Gasteiger partial charge in [-0.2, -0.15) is 0 Å². The largest absolute Gasteiger partial charge is 0.493 e. The Hall–Kier alpha value is -3.79. The van der Waals surface area contributed by atoms with Gasteiger partial charge in [0.05, 0.1) is 33.1 Å². The van der Waals surface area contributed by atoms with Crippen LogP contribution in [0.1, 0.15) is 57.2 Å². The molecule has 0 saturated carbocycles. The minimum absolute atomic E-state index is 0.0243. The van der Waals surface area contributed by atoms with E-state index in [1.54, 1.807) is 20.3 Å². The Kier molecular flexibility index (Phi) is 10.8. The molecule has 0 aliphatic heterocycles. The number of amides is 2. The second-order valence-corrected chi connectivity index (χ2v) is 9.97. The van der Waals surface area contributed by atoms with Gasteiger partial charge >= 0.3 is 0 Å². The molecular weight excluding hydrogens is 514 g/mol. The number of aryl methyl sites for hydroxylation is 1. The molecule has 0 bridgehead atoms. The van der Waals surface area contributed by atoms with Crippen molar-refractivity contribution in [3.8, 4) is 28.4 Å². The van der Waals surface area contributed by atoms with Gasteiger partial charge in [0.25, 0.3) is 0 Å². The number of fused-ring (bicyclic) bond motifs is 3. The highest BCUT2D eigenvalue weighted by molar-refractivity contribution is 5.86. The fraction of sp³-hybridized carbons (Fsp3) is 0.500. The third-order valence-electron chi connectivity index (χ3n) is 7.36. The molecule has 3 rings (SSSR count). The zero-order valence-corrected chi connectivity index (χ0v) is 24.2. The van der Waals surface area contributed by atoms with E-state index >= 15 is 0 Å². The third-order valence-corrected chi connectivity index (χ3v) is 7.36. The number of ether oxygens (including phenoxy) is 3. The molecule has 2 amide bonds. The zero-order chi connectivity index (χ0) is 29.4. The summed E-state index contributed by atoms with van der Waals surface area (Å²) in [7, 11) is 4.65. The molecule has 218 valence electrons. The van der Waals surface area contributed by atoms with Gasteiger partial charge in [-0.1, -0.05) is 26.3 Å². The van der Waals surface area contributed by atoms with Crippen LogP contribution in [0.5, 0.6) is 17.2 Å². The van der Waals surface area contributed by atoms with Crippen molar-refractivity contribution in [3.05, 3.63) is 45.6 Å². The van der Waals surface area contributed by atoms with E-state index in [9.17, 15) is 14.4 Å². The summed E-state index contributed by atoms with van der Waals surface area (Å²) in [6.45, 7) is 5.69. The number of carbonyl (C=O) groups is 2. The van der Waals surface area contributed by atoms with Gasteiger partial charge in [-0.3, -0.25) is 14.4 Å². The molecule has 10 nitrogen and oxygen atoms in total. The average molecular weight is 556 g/mol. The van der Waals surface area contributed by atoms with Gasteiger partial charge in [0.2, 0.25) is 23.0 Å². The van der Waals surface area contributed by atoms with Crippen LogP contribution in [0.25, 0.3) is 11.1 Å². The number of carbonyl (C=O) groups excluding carboxylic acids is 2. The van der Waals surface area contributed by atoms with Gasteiger partial charge < -0.3 is 35.3 Å². The monoisotopic (exact) mass is 555 g/mol. The summed E-state index contributed by atoms with van der Waals surface area (Å²) >= 11 is 0. The van der Waals surface area contributed by atoms with Crippen LogP contribution < -0.4 is 35.6 Å². The maximum atomic E-state index is 13.6. The number of hydrogen-bond acceptors (Lipinski definition) is 8. The van der Waals surface area contributed by atoms with Gasteiger partial charge in [-0.25, -0.2) is 0 Å². The number of benzene rings is 1. The summed E-state index contributed by atoms with van der Waals surface area (Å²) in [5, 5.41) is 18.1. The molecule has 3 atom stereocenters. The van der Waals surface area contributed by atoms with Crippen molar-refractivity contribution in [2.45, 2.75) is 58.5 Å². The molecule has 0 radical (unpaired) electrons. The first-order valence-corrected chi connectivity index (χ1v) is 13.6. The SMILES string of the molecule is CC[C@H](C)[C@@H](Nc1ccc2c(cc1=O)[C@H](NC(C)=O)CCc1cc(OC)c(OC)c(OC)c1-2)C(=O)NCCCO. The summed E-state index contributed by atoms with van der Waals surface area (Å²) in [5.74, 6) is 0.898. The molecule has 0 spiro atoms. The molecule has 4 N–H and O–H groups in total. The van der Waals surface area contributed by atoms with E-state index in [4.69, 9.17) is 19.3 Å². The minimum atomic E-state index is -0.657. The second-order valence-electron chi connectivity index (χ2n) is 9.97. The van der Waals surface area contributed by atoms with E-state index < -0.39 is 12.1 Å². The van der Waals surface area contributed by atoms with Crippen LogP contribution >= 0.6 is 0 Å². The Morgan fingerprint density at radius 2 is 1.82 bits per heavy atom. The van der Waals surface area contributed by atoms with E-state index in [0.29, 0.717) is 60.6 Å². The molecule has 0 fully saturated rings. The Morgan fingerprint density at radius 3 is 2.42 bits per heavy atom. The Balaban J connectivity index is 2.22. The Bertz CT molecular complexity index is 1280. The standard InChI is InChI=1S/C30H41N3O7/c1-7-17(2)27(30(37)31-13-8-14-34)33-23-12-10-20-21(16-24(23)36)22(32-18(3)35)11-9-19-15-25(38-4)28(39-5)29(40-6)26(19)20/h10,12,15-17,22,27,34H,7-9,11,13-14H2,1-6H3,(H,31,37)(H,32,35)(H,33,36)/t17-,22+,27+/m0/s1. The van der Waals surface area contributed by atoms with E-state index in [2.05, 4.69) is 16.0 Å². The number of aliphatic hydroxyl groups excluding tert-OH is 1. The second kappa shape index (κ2) is 14.0. The molecule has 0 heterocycles. The van der Waals surface area contributed by atoms with Gasteiger partial charge in [0.15, 0.2) is 11.5 Å². The number of anilines is 1. The number of nitrogens with one attached hydrogen (secondary N) is 3. The number of methoxy groups -OCH3 is 3. The first kappa shape index (κ1) is 30.7. The van der Waals surface area contributed by atoms with Crippen molar-refractivity contribution in [3.63, 3.8) is 0 Å². The fourth-order valence-corrected chi connectivity index (χ4v) is 5.10. The lowest BCUT2D eigenvalue weighted by molar-refractivity contribution is -0.123. The highest BCUT2D eigenvalue weighted by Crippen LogP contribution is 2.50. The van der Waals surface area contributed by atoms with Crippen molar-refractivity contribution in [1.82, 2.24) is 10.6 Å². The van der Waals surface area contributed by atoms with Crippen LogP contribution in [-0.2, 0) is 16.0 Å². The van der Waals surface area contributed by atoms with Crippen molar-refractivity contribution < 1.29 is 28.9 Å². The highest BCUT2D eigenvalue weighted by atomic mass is 16.5. The van der Waals surface area contributed by atoms with Crippen molar-refractivity contribution in [1.29, 1.82) is 0 Å². The van der Waals surface area contributed by atoms with Crippen molar-refractivity contribution in [2.75, 3.05) is 39.8 Å². The van der Waals surface area contributed by atoms with Gasteiger partial charge in [-0.15, -0.1) is 0 Å². The smallest absolute Gasteiger partial charge is 0.242 e. The van der Waals surface area contributed by atoms with Gasteiger partial charge in [-0.05, 0) is 60.1 Å². The van der Waals surface area contributed by atoms with E-state index in [1.165, 1.54) is 20.1 Å². The molecule has 1 aliphatic rings. The maximum absolute atomic E-state index is 13.6. The summed E-state index contributed by atoms with van der Waals surface area (Å²) in [6.07, 6.45) is 2.30. The Morgan fingerprint density at radius 1 is 1.10 bits per heavy atom. The van der Waals surface area contributed by atoms with Crippen LogP contribution in [0, 0.1) is 5.92 Å². The molecule has 2 aromatic carbocycles. The number of hydrogen-bond donors (Lipinski definition) is 4. The lowest BCUT2D eigenvalue weighted by Gasteiger charge is -2.24. The predicted octanol–water partition coefficient (Wildman–Crippen LogP) is 3.19. The normalized spacial score (nSPS) is 15.4. The lowest BCUT2D eigenvalue weighted by atomic mass is 9.95. The van der Waals surface area contributed by atoms with E-state index in [-0.39, 0.29) is 35.5 Å². The summed E-state index contributed by atoms with van der Waals surface area (Å²) in [5.41, 5.74) is 2.99. The highest BCUT2D eigenvalue weighted by Gasteiger charge is 2.30. The fourth-order valence-electron chi connectivity index (χ4n) is 5.10. The molecule has 0 aromatic heterocycles. The molecule has 40 heavy (non-hydrogen) atoms. The van der Waals surface area contributed by atoms with E-state index in [0.717, 1.165) is 11.1 Å². The topological polar surface area (TPSA) is 135 Å². The van der Waals surface area contributed by atoms with Crippen LogP contribution in [0.3, 0.4) is 0 Å². The van der Waals surface area contributed by atoms with E-state index in [1.807, 2.05) is 26.0 Å². The number of rotatable bonds is 12. The molecule has 0 saturated heterocycles. The first-order valence-electron chi connectivity index (χ1n) is 13.6.